The summed E-state index contributed by atoms with van der Waals surface area (Å²) in [6, 6.07) is 15.7. The molecule has 0 radical (unpaired) electrons. The molecule has 0 aliphatic carbocycles. The van der Waals surface area contributed by atoms with E-state index in [1.54, 1.807) is 6.20 Å². The molecule has 4 rings (SSSR count). The van der Waals surface area contributed by atoms with Crippen LogP contribution >= 0.6 is 0 Å². The van der Waals surface area contributed by atoms with Gasteiger partial charge in [0.25, 0.3) is 5.91 Å². The summed E-state index contributed by atoms with van der Waals surface area (Å²) in [6.45, 7) is 3.25. The molecule has 6 heteroatoms. The fraction of sp³-hybridized carbons (Fsp3) is 0.286. The summed E-state index contributed by atoms with van der Waals surface area (Å²) in [5, 5.41) is 16.5. The summed E-state index contributed by atoms with van der Waals surface area (Å²) in [5.41, 5.74) is 1.80. The lowest BCUT2D eigenvalue weighted by molar-refractivity contribution is 0.0957. The lowest BCUT2D eigenvalue weighted by atomic mass is 10.0. The van der Waals surface area contributed by atoms with Crippen LogP contribution in [0, 0.1) is 0 Å². The number of fused-ring (bicyclic) bond motifs is 1. The molecular weight excluding hydrogens is 338 g/mol. The van der Waals surface area contributed by atoms with Crippen LogP contribution in [-0.2, 0) is 0 Å². The Morgan fingerprint density at radius 2 is 1.85 bits per heavy atom. The highest BCUT2D eigenvalue weighted by molar-refractivity contribution is 6.06. The van der Waals surface area contributed by atoms with Gasteiger partial charge in [0, 0.05) is 37.8 Å². The number of aromatic nitrogens is 2. The number of benzene rings is 2. The molecule has 2 aromatic carbocycles. The molecular formula is C21H23N5O. The predicted molar refractivity (Wildman–Crippen MR) is 108 cm³/mol. The van der Waals surface area contributed by atoms with Crippen LogP contribution in [0.5, 0.6) is 0 Å². The number of amides is 1. The van der Waals surface area contributed by atoms with Crippen molar-refractivity contribution in [2.45, 2.75) is 12.8 Å². The van der Waals surface area contributed by atoms with E-state index in [1.165, 1.54) is 12.8 Å². The fourth-order valence-corrected chi connectivity index (χ4v) is 3.48. The molecule has 27 heavy (non-hydrogen) atoms. The molecule has 1 fully saturated rings. The van der Waals surface area contributed by atoms with Crippen molar-refractivity contribution >= 4 is 28.2 Å². The summed E-state index contributed by atoms with van der Waals surface area (Å²) in [4.78, 5) is 14.8. The number of nitrogens with one attached hydrogen (secondary N) is 2. The van der Waals surface area contributed by atoms with Crippen LogP contribution in [0.15, 0.2) is 54.7 Å². The molecule has 1 saturated heterocycles. The van der Waals surface area contributed by atoms with Gasteiger partial charge in [0.15, 0.2) is 5.82 Å². The van der Waals surface area contributed by atoms with Crippen LogP contribution in [0.2, 0.25) is 0 Å². The maximum Gasteiger partial charge on any atom is 0.251 e. The summed E-state index contributed by atoms with van der Waals surface area (Å²) in [6.07, 6.45) is 4.26. The molecule has 0 atom stereocenters. The van der Waals surface area contributed by atoms with Crippen molar-refractivity contribution in [1.29, 1.82) is 0 Å². The van der Waals surface area contributed by atoms with E-state index in [1.807, 2.05) is 48.5 Å². The third kappa shape index (κ3) is 4.00. The number of hydrogen-bond acceptors (Lipinski definition) is 5. The van der Waals surface area contributed by atoms with E-state index in [2.05, 4.69) is 25.7 Å². The van der Waals surface area contributed by atoms with Crippen molar-refractivity contribution < 1.29 is 4.79 Å². The van der Waals surface area contributed by atoms with Crippen LogP contribution in [0.25, 0.3) is 10.8 Å². The van der Waals surface area contributed by atoms with Gasteiger partial charge in [-0.05, 0) is 29.7 Å². The van der Waals surface area contributed by atoms with Gasteiger partial charge in [-0.3, -0.25) is 4.79 Å². The second kappa shape index (κ2) is 8.03. The van der Waals surface area contributed by atoms with Crippen molar-refractivity contribution in [2.24, 2.45) is 0 Å². The van der Waals surface area contributed by atoms with Gasteiger partial charge >= 0.3 is 0 Å². The zero-order valence-corrected chi connectivity index (χ0v) is 15.2. The van der Waals surface area contributed by atoms with Gasteiger partial charge in [-0.1, -0.05) is 36.4 Å². The highest BCUT2D eigenvalue weighted by atomic mass is 16.1. The number of anilines is 2. The Morgan fingerprint density at radius 1 is 1.04 bits per heavy atom. The number of hydrogen-bond donors (Lipinski definition) is 2. The molecule has 6 nitrogen and oxygen atoms in total. The minimum atomic E-state index is -0.0644. The number of nitrogens with zero attached hydrogens (tertiary/aromatic N) is 3. The molecule has 1 amide bonds. The maximum absolute atomic E-state index is 12.5. The Balaban J connectivity index is 1.32. The molecule has 2 N–H and O–H groups in total. The topological polar surface area (TPSA) is 70.2 Å². The van der Waals surface area contributed by atoms with Crippen LogP contribution in [0.3, 0.4) is 0 Å². The van der Waals surface area contributed by atoms with Gasteiger partial charge in [-0.25, -0.2) is 0 Å². The van der Waals surface area contributed by atoms with Gasteiger partial charge in [0.1, 0.15) is 0 Å². The number of carbonyl (C=O) groups is 1. The van der Waals surface area contributed by atoms with Crippen molar-refractivity contribution in [3.63, 3.8) is 0 Å². The predicted octanol–water partition coefficient (Wildman–Crippen LogP) is 3.07. The van der Waals surface area contributed by atoms with Crippen molar-refractivity contribution in [2.75, 3.05) is 36.4 Å². The van der Waals surface area contributed by atoms with Crippen molar-refractivity contribution in [1.82, 2.24) is 15.5 Å². The minimum absolute atomic E-state index is 0.0644. The van der Waals surface area contributed by atoms with E-state index in [-0.39, 0.29) is 5.91 Å². The molecule has 3 aromatic rings. The van der Waals surface area contributed by atoms with E-state index in [4.69, 9.17) is 0 Å². The van der Waals surface area contributed by atoms with Gasteiger partial charge < -0.3 is 15.5 Å². The molecule has 0 unspecified atom stereocenters. The first-order valence-corrected chi connectivity index (χ1v) is 9.39. The zero-order chi connectivity index (χ0) is 18.5. The van der Waals surface area contributed by atoms with Gasteiger partial charge in [-0.15, -0.1) is 5.10 Å². The van der Waals surface area contributed by atoms with E-state index in [0.29, 0.717) is 18.7 Å². The zero-order valence-electron chi connectivity index (χ0n) is 15.2. The lowest BCUT2D eigenvalue weighted by Crippen LogP contribution is -2.29. The molecule has 138 valence electrons. The van der Waals surface area contributed by atoms with Crippen LogP contribution in [0.4, 0.5) is 11.5 Å². The highest BCUT2D eigenvalue weighted by Gasteiger charge is 2.13. The molecule has 1 aliphatic heterocycles. The van der Waals surface area contributed by atoms with Gasteiger partial charge in [0.05, 0.1) is 11.9 Å². The lowest BCUT2D eigenvalue weighted by Gasteiger charge is -2.17. The monoisotopic (exact) mass is 361 g/mol. The maximum atomic E-state index is 12.5. The van der Waals surface area contributed by atoms with Gasteiger partial charge in [-0.2, -0.15) is 5.10 Å². The Morgan fingerprint density at radius 3 is 2.74 bits per heavy atom. The SMILES string of the molecule is O=C(NCCNc1cc(N2CCCC2)cnn1)c1cccc2ccccc12. The first-order chi connectivity index (χ1) is 13.3. The molecule has 1 aliphatic rings. The smallest absolute Gasteiger partial charge is 0.251 e. The van der Waals surface area contributed by atoms with Crippen LogP contribution < -0.4 is 15.5 Å². The largest absolute Gasteiger partial charge is 0.370 e. The first-order valence-electron chi connectivity index (χ1n) is 9.39. The molecule has 0 bridgehead atoms. The summed E-state index contributed by atoms with van der Waals surface area (Å²) in [7, 11) is 0. The second-order valence-electron chi connectivity index (χ2n) is 6.70. The van der Waals surface area contributed by atoms with E-state index < -0.39 is 0 Å². The van der Waals surface area contributed by atoms with Gasteiger partial charge in [0.2, 0.25) is 0 Å². The second-order valence-corrected chi connectivity index (χ2v) is 6.70. The minimum Gasteiger partial charge on any atom is -0.370 e. The van der Waals surface area contributed by atoms with E-state index in [0.717, 1.165) is 35.4 Å². The van der Waals surface area contributed by atoms with E-state index >= 15 is 0 Å². The van der Waals surface area contributed by atoms with Crippen LogP contribution in [0.1, 0.15) is 23.2 Å². The summed E-state index contributed by atoms with van der Waals surface area (Å²) < 4.78 is 0. The highest BCUT2D eigenvalue weighted by Crippen LogP contribution is 2.21. The van der Waals surface area contributed by atoms with Crippen molar-refractivity contribution in [3.05, 3.63) is 60.3 Å². The fourth-order valence-electron chi connectivity index (χ4n) is 3.48. The normalized spacial score (nSPS) is 13.7. The Labute approximate surface area is 158 Å². The standard InChI is InChI=1S/C21H23N5O/c27-21(19-9-5-7-16-6-1-2-8-18(16)19)23-11-10-22-20-14-17(15-24-25-20)26-12-3-4-13-26/h1-2,5-9,14-15H,3-4,10-13H2,(H,22,25)(H,23,27). The van der Waals surface area contributed by atoms with Crippen LogP contribution in [-0.4, -0.2) is 42.3 Å². The molecule has 1 aromatic heterocycles. The third-order valence-corrected chi connectivity index (χ3v) is 4.86. The molecule has 0 spiro atoms. The average Bonchev–Trinajstić information content (AvgIpc) is 3.26. The Hall–Kier alpha value is -3.15. The Kier molecular flexibility index (Phi) is 5.14. The number of carbonyl (C=O) groups excluding carboxylic acids is 1. The molecule has 2 heterocycles. The quantitative estimate of drug-likeness (QED) is 0.661. The molecule has 0 saturated carbocycles. The summed E-state index contributed by atoms with van der Waals surface area (Å²) in [5.74, 6) is 0.671. The van der Waals surface area contributed by atoms with E-state index in [9.17, 15) is 4.79 Å². The first kappa shape index (κ1) is 17.3. The third-order valence-electron chi connectivity index (χ3n) is 4.86. The number of rotatable bonds is 6. The summed E-state index contributed by atoms with van der Waals surface area (Å²) >= 11 is 0. The van der Waals surface area contributed by atoms with Crippen molar-refractivity contribution in [3.8, 4) is 0 Å². The Bertz CT molecular complexity index is 931. The average molecular weight is 361 g/mol.